The van der Waals surface area contributed by atoms with Gasteiger partial charge in [-0.25, -0.2) is 4.39 Å². The Kier molecular flexibility index (Phi) is 6.81. The lowest BCUT2D eigenvalue weighted by Crippen LogP contribution is -2.48. The van der Waals surface area contributed by atoms with E-state index in [0.29, 0.717) is 23.4 Å². The molecule has 2 aliphatic heterocycles. The first-order valence-electron chi connectivity index (χ1n) is 8.87. The maximum absolute atomic E-state index is 13.7. The van der Waals surface area contributed by atoms with Gasteiger partial charge in [-0.3, -0.25) is 4.79 Å². The first-order chi connectivity index (χ1) is 12.1. The first kappa shape index (κ1) is 18.8. The van der Waals surface area contributed by atoms with Crippen molar-refractivity contribution in [1.29, 1.82) is 0 Å². The smallest absolute Gasteiger partial charge is 0.225 e. The van der Waals surface area contributed by atoms with Crippen molar-refractivity contribution in [3.63, 3.8) is 0 Å². The molecule has 7 heteroatoms. The molecule has 5 nitrogen and oxygen atoms in total. The highest BCUT2D eigenvalue weighted by molar-refractivity contribution is 9.10. The van der Waals surface area contributed by atoms with Crippen LogP contribution in [-0.4, -0.2) is 68.2 Å². The molecule has 2 saturated heterocycles. The summed E-state index contributed by atoms with van der Waals surface area (Å²) in [6.45, 7) is 7.67. The molecular formula is C18H25BrFN3O2. The number of benzene rings is 1. The van der Waals surface area contributed by atoms with Crippen LogP contribution in [0.1, 0.15) is 12.8 Å². The van der Waals surface area contributed by atoms with Crippen molar-refractivity contribution in [2.24, 2.45) is 5.92 Å². The van der Waals surface area contributed by atoms with E-state index in [1.54, 1.807) is 12.1 Å². The number of hydrogen-bond donors (Lipinski definition) is 1. The second-order valence-corrected chi connectivity index (χ2v) is 7.71. The molecule has 1 amide bonds. The third-order valence-corrected chi connectivity index (χ3v) is 5.36. The van der Waals surface area contributed by atoms with Crippen LogP contribution in [-0.2, 0) is 9.53 Å². The number of piperazine rings is 1. The monoisotopic (exact) mass is 413 g/mol. The van der Waals surface area contributed by atoms with Crippen molar-refractivity contribution >= 4 is 27.5 Å². The van der Waals surface area contributed by atoms with Crippen LogP contribution in [0.4, 0.5) is 10.1 Å². The van der Waals surface area contributed by atoms with E-state index in [1.165, 1.54) is 12.5 Å². The van der Waals surface area contributed by atoms with Crippen LogP contribution in [0, 0.1) is 11.7 Å². The molecule has 1 atom stereocenters. The molecule has 2 fully saturated rings. The van der Waals surface area contributed by atoms with Crippen molar-refractivity contribution in [3.05, 3.63) is 28.5 Å². The third kappa shape index (κ3) is 5.74. The molecule has 2 aliphatic rings. The lowest BCUT2D eigenvalue weighted by atomic mass is 10.1. The van der Waals surface area contributed by atoms with Gasteiger partial charge in [-0.15, -0.1) is 0 Å². The van der Waals surface area contributed by atoms with E-state index in [0.717, 1.165) is 45.9 Å². The summed E-state index contributed by atoms with van der Waals surface area (Å²) in [6.07, 6.45) is 1.55. The Balaban J connectivity index is 1.35. The van der Waals surface area contributed by atoms with Crippen molar-refractivity contribution in [1.82, 2.24) is 9.80 Å². The zero-order valence-corrected chi connectivity index (χ0v) is 15.9. The number of amides is 1. The summed E-state index contributed by atoms with van der Waals surface area (Å²) in [4.78, 5) is 16.8. The standard InChI is InChI=1S/C18H25BrFN3O2/c19-15-1-2-17(16(20)11-15)21-18(24)3-5-22-6-8-23(9-7-22)12-14-4-10-25-13-14/h1-2,11,14H,3-10,12-13H2,(H,21,24)/t14-/m1/s1. The number of hydrogen-bond acceptors (Lipinski definition) is 4. The minimum atomic E-state index is -0.424. The Bertz CT molecular complexity index is 588. The van der Waals surface area contributed by atoms with Gasteiger partial charge in [0, 0.05) is 56.8 Å². The molecular weight excluding hydrogens is 389 g/mol. The number of nitrogens with zero attached hydrogens (tertiary/aromatic N) is 2. The summed E-state index contributed by atoms with van der Waals surface area (Å²) >= 11 is 3.21. The third-order valence-electron chi connectivity index (χ3n) is 4.87. The Labute approximate surface area is 156 Å². The molecule has 25 heavy (non-hydrogen) atoms. The molecule has 0 saturated carbocycles. The summed E-state index contributed by atoms with van der Waals surface area (Å²) in [5.74, 6) is 0.108. The second kappa shape index (κ2) is 9.07. The lowest BCUT2D eigenvalue weighted by Gasteiger charge is -2.35. The summed E-state index contributed by atoms with van der Waals surface area (Å²) in [5.41, 5.74) is 0.233. The summed E-state index contributed by atoms with van der Waals surface area (Å²) < 4.78 is 19.8. The van der Waals surface area contributed by atoms with Gasteiger partial charge in [0.2, 0.25) is 5.91 Å². The topological polar surface area (TPSA) is 44.8 Å². The first-order valence-corrected chi connectivity index (χ1v) is 9.67. The molecule has 1 aromatic rings. The van der Waals surface area contributed by atoms with Gasteiger partial charge in [-0.05, 0) is 30.5 Å². The van der Waals surface area contributed by atoms with Gasteiger partial charge >= 0.3 is 0 Å². The fourth-order valence-corrected chi connectivity index (χ4v) is 3.68. The van der Waals surface area contributed by atoms with Crippen LogP contribution in [0.3, 0.4) is 0 Å². The zero-order valence-electron chi connectivity index (χ0n) is 14.3. The molecule has 0 aromatic heterocycles. The number of carbonyl (C=O) groups is 1. The van der Waals surface area contributed by atoms with Crippen molar-refractivity contribution in [3.8, 4) is 0 Å². The van der Waals surface area contributed by atoms with Crippen molar-refractivity contribution in [2.75, 3.05) is 57.8 Å². The molecule has 1 N–H and O–H groups in total. The number of ether oxygens (including phenoxy) is 1. The minimum Gasteiger partial charge on any atom is -0.381 e. The molecule has 0 spiro atoms. The van der Waals surface area contributed by atoms with E-state index in [9.17, 15) is 9.18 Å². The minimum absolute atomic E-state index is 0.147. The number of carbonyl (C=O) groups excluding carboxylic acids is 1. The normalized spacial score (nSPS) is 22.2. The molecule has 0 aliphatic carbocycles. The van der Waals surface area contributed by atoms with Gasteiger partial charge in [0.25, 0.3) is 0 Å². The average Bonchev–Trinajstić information content (AvgIpc) is 3.10. The Hall–Kier alpha value is -1.02. The van der Waals surface area contributed by atoms with E-state index >= 15 is 0 Å². The Morgan fingerprint density at radius 1 is 1.28 bits per heavy atom. The molecule has 1 aromatic carbocycles. The van der Waals surface area contributed by atoms with E-state index in [1.807, 2.05) is 0 Å². The van der Waals surface area contributed by atoms with Gasteiger partial charge in [-0.1, -0.05) is 15.9 Å². The lowest BCUT2D eigenvalue weighted by molar-refractivity contribution is -0.116. The van der Waals surface area contributed by atoms with E-state index in [2.05, 4.69) is 31.0 Å². The number of rotatable bonds is 6. The highest BCUT2D eigenvalue weighted by Gasteiger charge is 2.22. The van der Waals surface area contributed by atoms with Crippen LogP contribution in [0.5, 0.6) is 0 Å². The van der Waals surface area contributed by atoms with Gasteiger partial charge < -0.3 is 19.9 Å². The zero-order chi connectivity index (χ0) is 17.6. The summed E-state index contributed by atoms with van der Waals surface area (Å²) in [5, 5.41) is 2.65. The van der Waals surface area contributed by atoms with Crippen molar-refractivity contribution < 1.29 is 13.9 Å². The molecule has 138 valence electrons. The average molecular weight is 414 g/mol. The second-order valence-electron chi connectivity index (χ2n) is 6.79. The summed E-state index contributed by atoms with van der Waals surface area (Å²) in [7, 11) is 0. The predicted molar refractivity (Wildman–Crippen MR) is 99.2 cm³/mol. The van der Waals surface area contributed by atoms with E-state index < -0.39 is 5.82 Å². The SMILES string of the molecule is O=C(CCN1CCN(C[C@H]2CCOC2)CC1)Nc1ccc(Br)cc1F. The predicted octanol–water partition coefficient (Wildman–Crippen LogP) is 2.57. The van der Waals surface area contributed by atoms with E-state index in [-0.39, 0.29) is 11.6 Å². The molecule has 3 rings (SSSR count). The van der Waals surface area contributed by atoms with Crippen LogP contribution >= 0.6 is 15.9 Å². The fraction of sp³-hybridized carbons (Fsp3) is 0.611. The van der Waals surface area contributed by atoms with Gasteiger partial charge in [0.15, 0.2) is 0 Å². The van der Waals surface area contributed by atoms with Crippen LogP contribution in [0.2, 0.25) is 0 Å². The van der Waals surface area contributed by atoms with Crippen LogP contribution in [0.15, 0.2) is 22.7 Å². The van der Waals surface area contributed by atoms with Gasteiger partial charge in [-0.2, -0.15) is 0 Å². The fourth-order valence-electron chi connectivity index (χ4n) is 3.35. The molecule has 2 heterocycles. The maximum Gasteiger partial charge on any atom is 0.225 e. The van der Waals surface area contributed by atoms with Crippen LogP contribution < -0.4 is 5.32 Å². The Morgan fingerprint density at radius 3 is 2.72 bits per heavy atom. The largest absolute Gasteiger partial charge is 0.381 e. The van der Waals surface area contributed by atoms with E-state index in [4.69, 9.17) is 4.74 Å². The molecule has 0 radical (unpaired) electrons. The Morgan fingerprint density at radius 2 is 2.04 bits per heavy atom. The summed E-state index contributed by atoms with van der Waals surface area (Å²) in [6, 6.07) is 4.64. The number of nitrogens with one attached hydrogen (secondary N) is 1. The van der Waals surface area contributed by atoms with Gasteiger partial charge in [0.05, 0.1) is 12.3 Å². The number of anilines is 1. The quantitative estimate of drug-likeness (QED) is 0.778. The molecule has 0 unspecified atom stereocenters. The van der Waals surface area contributed by atoms with Crippen molar-refractivity contribution in [2.45, 2.75) is 12.8 Å². The van der Waals surface area contributed by atoms with Gasteiger partial charge in [0.1, 0.15) is 5.82 Å². The number of halogens is 2. The maximum atomic E-state index is 13.7. The highest BCUT2D eigenvalue weighted by atomic mass is 79.9. The molecule has 0 bridgehead atoms. The highest BCUT2D eigenvalue weighted by Crippen LogP contribution is 2.19. The van der Waals surface area contributed by atoms with Crippen LogP contribution in [0.25, 0.3) is 0 Å².